The van der Waals surface area contributed by atoms with Gasteiger partial charge in [-0.3, -0.25) is 4.79 Å². The lowest BCUT2D eigenvalue weighted by atomic mass is 10.3. The number of aryl methyl sites for hydroxylation is 1. The lowest BCUT2D eigenvalue weighted by Gasteiger charge is -1.94. The molecule has 0 saturated heterocycles. The molecule has 70 valence electrons. The van der Waals surface area contributed by atoms with Crippen LogP contribution in [0.25, 0.3) is 0 Å². The minimum absolute atomic E-state index is 0.311. The van der Waals surface area contributed by atoms with Crippen molar-refractivity contribution in [1.29, 1.82) is 0 Å². The van der Waals surface area contributed by atoms with Gasteiger partial charge in [0.2, 0.25) is 11.6 Å². The number of primary amides is 1. The van der Waals surface area contributed by atoms with Gasteiger partial charge in [0.05, 0.1) is 0 Å². The number of carbonyl (C=O) groups is 1. The van der Waals surface area contributed by atoms with E-state index >= 15 is 0 Å². The number of aromatic nitrogens is 2. The second kappa shape index (κ2) is 3.21. The van der Waals surface area contributed by atoms with Crippen LogP contribution in [0.15, 0.2) is 5.18 Å². The molecule has 0 aliphatic carbocycles. The second-order valence-corrected chi connectivity index (χ2v) is 2.29. The van der Waals surface area contributed by atoms with Crippen molar-refractivity contribution in [3.05, 3.63) is 10.6 Å². The highest BCUT2D eigenvalue weighted by Crippen LogP contribution is 2.29. The van der Waals surface area contributed by atoms with Crippen LogP contribution in [-0.2, 0) is 6.54 Å². The van der Waals surface area contributed by atoms with Crippen LogP contribution < -0.4 is 5.73 Å². The Bertz CT molecular complexity index is 357. The summed E-state index contributed by atoms with van der Waals surface area (Å²) in [4.78, 5) is 20.9. The molecule has 1 aromatic heterocycles. The first-order chi connectivity index (χ1) is 6.11. The maximum atomic E-state index is 10.7. The van der Waals surface area contributed by atoms with Gasteiger partial charge in [0.1, 0.15) is 0 Å². The molecule has 0 aromatic carbocycles. The zero-order valence-electron chi connectivity index (χ0n) is 6.89. The summed E-state index contributed by atoms with van der Waals surface area (Å²) in [5, 5.41) is 15.3. The molecule has 1 aromatic rings. The molecule has 0 unspecified atom stereocenters. The molecule has 0 bridgehead atoms. The van der Waals surface area contributed by atoms with Crippen LogP contribution in [-0.4, -0.2) is 20.8 Å². The number of amides is 1. The molecule has 3 N–H and O–H groups in total. The minimum atomic E-state index is -0.892. The second-order valence-electron chi connectivity index (χ2n) is 2.29. The highest BCUT2D eigenvalue weighted by molar-refractivity contribution is 5.96. The Morgan fingerprint density at radius 3 is 2.69 bits per heavy atom. The van der Waals surface area contributed by atoms with E-state index < -0.39 is 17.5 Å². The Balaban J connectivity index is 3.35. The molecular weight excluding hydrogens is 176 g/mol. The Kier molecular flexibility index (Phi) is 2.27. The lowest BCUT2D eigenvalue weighted by molar-refractivity contribution is 0.0995. The summed E-state index contributed by atoms with van der Waals surface area (Å²) in [5.74, 6) is -1.33. The van der Waals surface area contributed by atoms with E-state index in [2.05, 4.69) is 10.3 Å². The van der Waals surface area contributed by atoms with E-state index in [-0.39, 0.29) is 5.69 Å². The Morgan fingerprint density at radius 2 is 2.38 bits per heavy atom. The van der Waals surface area contributed by atoms with Crippen LogP contribution >= 0.6 is 0 Å². The molecule has 0 saturated carbocycles. The van der Waals surface area contributed by atoms with Crippen molar-refractivity contribution in [3.63, 3.8) is 0 Å². The standard InChI is InChI=1S/C6H8N4O3/c1-2-10-6(12)4(9-13)3(8-10)5(7)11/h12H,2H2,1H3,(H2,7,11). The highest BCUT2D eigenvalue weighted by atomic mass is 16.3. The number of nitrogens with zero attached hydrogens (tertiary/aromatic N) is 3. The molecule has 13 heavy (non-hydrogen) atoms. The van der Waals surface area contributed by atoms with Crippen molar-refractivity contribution in [2.24, 2.45) is 10.9 Å². The van der Waals surface area contributed by atoms with Gasteiger partial charge in [0.15, 0.2) is 5.69 Å². The zero-order chi connectivity index (χ0) is 10.0. The number of hydrogen-bond donors (Lipinski definition) is 2. The van der Waals surface area contributed by atoms with Crippen LogP contribution in [0.4, 0.5) is 5.69 Å². The summed E-state index contributed by atoms with van der Waals surface area (Å²) in [6.45, 7) is 2.01. The Labute approximate surface area is 73.1 Å². The van der Waals surface area contributed by atoms with E-state index in [1.807, 2.05) is 0 Å². The maximum absolute atomic E-state index is 10.7. The van der Waals surface area contributed by atoms with Crippen molar-refractivity contribution in [2.45, 2.75) is 13.5 Å². The van der Waals surface area contributed by atoms with Crippen LogP contribution in [0.5, 0.6) is 5.88 Å². The van der Waals surface area contributed by atoms with Crippen LogP contribution in [0.1, 0.15) is 17.4 Å². The summed E-state index contributed by atoms with van der Waals surface area (Å²) >= 11 is 0. The SMILES string of the molecule is CCn1nc(C(N)=O)c(N=O)c1O. The van der Waals surface area contributed by atoms with Gasteiger partial charge in [-0.15, -0.1) is 4.91 Å². The average molecular weight is 184 g/mol. The fraction of sp³-hybridized carbons (Fsp3) is 0.333. The molecule has 7 nitrogen and oxygen atoms in total. The molecular formula is C6H8N4O3. The molecule has 7 heteroatoms. The van der Waals surface area contributed by atoms with E-state index in [1.54, 1.807) is 6.92 Å². The van der Waals surface area contributed by atoms with Crippen molar-refractivity contribution < 1.29 is 9.90 Å². The van der Waals surface area contributed by atoms with Gasteiger partial charge >= 0.3 is 0 Å². The predicted octanol–water partition coefficient (Wildman–Crippen LogP) is 0.105. The number of aromatic hydroxyl groups is 1. The summed E-state index contributed by atoms with van der Waals surface area (Å²) in [6.07, 6.45) is 0. The summed E-state index contributed by atoms with van der Waals surface area (Å²) in [7, 11) is 0. The smallest absolute Gasteiger partial charge is 0.271 e. The van der Waals surface area contributed by atoms with Crippen LogP contribution in [0.3, 0.4) is 0 Å². The van der Waals surface area contributed by atoms with Crippen LogP contribution in [0.2, 0.25) is 0 Å². The topological polar surface area (TPSA) is 111 Å². The van der Waals surface area contributed by atoms with Crippen LogP contribution in [0, 0.1) is 4.91 Å². The van der Waals surface area contributed by atoms with Crippen molar-refractivity contribution >= 4 is 11.6 Å². The first kappa shape index (κ1) is 9.17. The van der Waals surface area contributed by atoms with Gasteiger partial charge in [0.25, 0.3) is 5.91 Å². The predicted molar refractivity (Wildman–Crippen MR) is 43.5 cm³/mol. The number of rotatable bonds is 3. The Hall–Kier alpha value is -1.92. The van der Waals surface area contributed by atoms with Crippen molar-refractivity contribution in [1.82, 2.24) is 9.78 Å². The largest absolute Gasteiger partial charge is 0.492 e. The molecule has 1 amide bonds. The fourth-order valence-corrected chi connectivity index (χ4v) is 0.914. The van der Waals surface area contributed by atoms with Gasteiger partial charge < -0.3 is 10.8 Å². The van der Waals surface area contributed by atoms with E-state index in [9.17, 15) is 14.8 Å². The van der Waals surface area contributed by atoms with Gasteiger partial charge in [-0.1, -0.05) is 0 Å². The van der Waals surface area contributed by atoms with Gasteiger partial charge in [0, 0.05) is 6.54 Å². The quantitative estimate of drug-likeness (QED) is 0.649. The third kappa shape index (κ3) is 1.35. The number of hydrogen-bond acceptors (Lipinski definition) is 5. The highest BCUT2D eigenvalue weighted by Gasteiger charge is 2.21. The van der Waals surface area contributed by atoms with E-state index in [0.717, 1.165) is 4.68 Å². The minimum Gasteiger partial charge on any atom is -0.492 e. The van der Waals surface area contributed by atoms with E-state index in [0.29, 0.717) is 6.54 Å². The van der Waals surface area contributed by atoms with Gasteiger partial charge in [-0.25, -0.2) is 4.68 Å². The first-order valence-corrected chi connectivity index (χ1v) is 3.54. The molecule has 0 aliphatic rings. The van der Waals surface area contributed by atoms with E-state index in [4.69, 9.17) is 5.73 Å². The fourth-order valence-electron chi connectivity index (χ4n) is 0.914. The van der Waals surface area contributed by atoms with Gasteiger partial charge in [-0.05, 0) is 12.1 Å². The monoisotopic (exact) mass is 184 g/mol. The summed E-state index contributed by atoms with van der Waals surface area (Å²) in [6, 6.07) is 0. The number of carbonyl (C=O) groups excluding carboxylic acids is 1. The Morgan fingerprint density at radius 1 is 1.77 bits per heavy atom. The lowest BCUT2D eigenvalue weighted by Crippen LogP contribution is -2.12. The van der Waals surface area contributed by atoms with E-state index in [1.165, 1.54) is 0 Å². The number of nitroso groups, excluding NO2 is 1. The molecule has 0 spiro atoms. The summed E-state index contributed by atoms with van der Waals surface area (Å²) in [5.41, 5.74) is 4.18. The van der Waals surface area contributed by atoms with Crippen molar-refractivity contribution in [2.75, 3.05) is 0 Å². The molecule has 0 fully saturated rings. The van der Waals surface area contributed by atoms with Crippen molar-refractivity contribution in [3.8, 4) is 5.88 Å². The molecule has 0 atom stereocenters. The third-order valence-corrected chi connectivity index (χ3v) is 1.53. The summed E-state index contributed by atoms with van der Waals surface area (Å²) < 4.78 is 1.07. The number of nitrogens with two attached hydrogens (primary N) is 1. The molecule has 1 rings (SSSR count). The van der Waals surface area contributed by atoms with Gasteiger partial charge in [-0.2, -0.15) is 5.10 Å². The molecule has 0 aliphatic heterocycles. The maximum Gasteiger partial charge on any atom is 0.271 e. The average Bonchev–Trinajstić information content (AvgIpc) is 2.42. The molecule has 1 heterocycles. The third-order valence-electron chi connectivity index (χ3n) is 1.53. The normalized spacial score (nSPS) is 9.92. The first-order valence-electron chi connectivity index (χ1n) is 3.54. The zero-order valence-corrected chi connectivity index (χ0v) is 6.89. The molecule has 0 radical (unpaired) electrons.